The molecule has 3 unspecified atom stereocenters. The van der Waals surface area contributed by atoms with Crippen molar-refractivity contribution in [2.24, 2.45) is 11.8 Å². The fourth-order valence-electron chi connectivity index (χ4n) is 6.25. The maximum absolute atomic E-state index is 10.8. The number of benzene rings is 1. The molecule has 0 aromatic heterocycles. The summed E-state index contributed by atoms with van der Waals surface area (Å²) in [6.45, 7) is 3.13. The van der Waals surface area contributed by atoms with E-state index >= 15 is 0 Å². The zero-order chi connectivity index (χ0) is 21.0. The summed E-state index contributed by atoms with van der Waals surface area (Å²) in [5.41, 5.74) is 1.84. The Kier molecular flexibility index (Phi) is 5.27. The Morgan fingerprint density at radius 2 is 2.00 bits per heavy atom. The molecular formula is C24H34ClN3O2. The Labute approximate surface area is 184 Å². The first-order valence-electron chi connectivity index (χ1n) is 11.6. The van der Waals surface area contributed by atoms with E-state index in [1.807, 2.05) is 19.2 Å². The van der Waals surface area contributed by atoms with Gasteiger partial charge in [0.25, 0.3) is 0 Å². The van der Waals surface area contributed by atoms with Crippen molar-refractivity contribution in [1.29, 1.82) is 5.41 Å². The van der Waals surface area contributed by atoms with Gasteiger partial charge in [-0.15, -0.1) is 0 Å². The Morgan fingerprint density at radius 3 is 2.60 bits per heavy atom. The topological polar surface area (TPSA) is 68.6 Å². The molecular weight excluding hydrogens is 398 g/mol. The molecule has 164 valence electrons. The summed E-state index contributed by atoms with van der Waals surface area (Å²) in [4.78, 5) is 2.64. The second kappa shape index (κ2) is 7.68. The van der Waals surface area contributed by atoms with Crippen LogP contribution in [0, 0.1) is 17.2 Å². The maximum Gasteiger partial charge on any atom is 0.139 e. The average molecular weight is 432 g/mol. The van der Waals surface area contributed by atoms with Crippen LogP contribution in [-0.2, 0) is 0 Å². The lowest BCUT2D eigenvalue weighted by molar-refractivity contribution is -0.157. The Hall–Kier alpha value is -1.30. The van der Waals surface area contributed by atoms with E-state index in [2.05, 4.69) is 17.1 Å². The molecule has 3 atom stereocenters. The molecule has 5 aliphatic rings. The molecule has 0 spiro atoms. The van der Waals surface area contributed by atoms with Gasteiger partial charge >= 0.3 is 0 Å². The van der Waals surface area contributed by atoms with Crippen LogP contribution in [0.1, 0.15) is 63.9 Å². The highest BCUT2D eigenvalue weighted by molar-refractivity contribution is 6.36. The minimum absolute atomic E-state index is 0.103. The van der Waals surface area contributed by atoms with Crippen molar-refractivity contribution in [1.82, 2.24) is 4.90 Å². The Balaban J connectivity index is 1.28. The number of aliphatic hydroxyl groups is 1. The average Bonchev–Trinajstić information content (AvgIpc) is 3.51. The van der Waals surface area contributed by atoms with Crippen LogP contribution in [0.5, 0.6) is 5.75 Å². The minimum atomic E-state index is -0.400. The standard InChI is InChI=1S/C24H34ClN3O2/c1-14(7-8-28-16-9-15-10-17(28)13-24(29,11-15)12-16)23(26)21-19(27-2)5-6-20(22(21)25)30-18-3-4-18/h5-6,14-18,26-27,29H,3-4,7-13H2,1-2H3. The van der Waals surface area contributed by atoms with E-state index in [1.165, 1.54) is 12.8 Å². The van der Waals surface area contributed by atoms with Gasteiger partial charge in [0.05, 0.1) is 16.7 Å². The van der Waals surface area contributed by atoms with Gasteiger partial charge in [0.1, 0.15) is 5.75 Å². The first-order valence-corrected chi connectivity index (χ1v) is 12.0. The third kappa shape index (κ3) is 3.74. The van der Waals surface area contributed by atoms with Crippen molar-refractivity contribution in [3.63, 3.8) is 0 Å². The van der Waals surface area contributed by atoms with Crippen LogP contribution >= 0.6 is 11.6 Å². The second-order valence-electron chi connectivity index (χ2n) is 10.2. The van der Waals surface area contributed by atoms with Gasteiger partial charge in [0, 0.05) is 36.1 Å². The van der Waals surface area contributed by atoms with Crippen molar-refractivity contribution < 1.29 is 9.84 Å². The summed E-state index contributed by atoms with van der Waals surface area (Å²) in [6, 6.07) is 4.94. The molecule has 3 N–H and O–H groups in total. The van der Waals surface area contributed by atoms with Crippen LogP contribution in [0.15, 0.2) is 12.1 Å². The number of hydrogen-bond acceptors (Lipinski definition) is 5. The van der Waals surface area contributed by atoms with Gasteiger partial charge in [-0.1, -0.05) is 18.5 Å². The summed E-state index contributed by atoms with van der Waals surface area (Å²) in [5.74, 6) is 1.51. The van der Waals surface area contributed by atoms with E-state index in [0.717, 1.165) is 56.3 Å². The Bertz CT molecular complexity index is 824. The number of ether oxygens (including phenoxy) is 1. The summed E-state index contributed by atoms with van der Waals surface area (Å²) < 4.78 is 5.97. The number of nitrogens with zero attached hydrogens (tertiary/aromatic N) is 1. The van der Waals surface area contributed by atoms with E-state index < -0.39 is 5.60 Å². The van der Waals surface area contributed by atoms with Gasteiger partial charge in [-0.05, 0) is 81.9 Å². The van der Waals surface area contributed by atoms with Crippen molar-refractivity contribution in [2.75, 3.05) is 18.9 Å². The van der Waals surface area contributed by atoms with Gasteiger partial charge in [-0.2, -0.15) is 0 Å². The molecule has 4 bridgehead atoms. The van der Waals surface area contributed by atoms with Crippen LogP contribution in [-0.4, -0.2) is 53.1 Å². The second-order valence-corrected chi connectivity index (χ2v) is 10.6. The van der Waals surface area contributed by atoms with Crippen molar-refractivity contribution in [3.8, 4) is 5.75 Å². The fourth-order valence-corrected chi connectivity index (χ4v) is 6.56. The molecule has 5 nitrogen and oxygen atoms in total. The first kappa shape index (κ1) is 20.6. The SMILES string of the molecule is CNc1ccc(OC2CC2)c(Cl)c1C(=N)C(C)CCN1C2CC3CC1CC(O)(C3)C2. The van der Waals surface area contributed by atoms with Gasteiger partial charge in [0.15, 0.2) is 0 Å². The molecule has 0 amide bonds. The predicted octanol–water partition coefficient (Wildman–Crippen LogP) is 4.69. The highest BCUT2D eigenvalue weighted by Crippen LogP contribution is 2.51. The van der Waals surface area contributed by atoms with E-state index in [-0.39, 0.29) is 12.0 Å². The van der Waals surface area contributed by atoms with E-state index in [1.54, 1.807) is 0 Å². The van der Waals surface area contributed by atoms with Crippen LogP contribution in [0.2, 0.25) is 5.02 Å². The molecule has 3 aliphatic carbocycles. The number of rotatable bonds is 8. The van der Waals surface area contributed by atoms with Crippen LogP contribution in [0.25, 0.3) is 0 Å². The maximum atomic E-state index is 10.8. The lowest BCUT2D eigenvalue weighted by Crippen LogP contribution is -2.64. The van der Waals surface area contributed by atoms with Crippen LogP contribution in [0.4, 0.5) is 5.69 Å². The number of piperidine rings is 2. The zero-order valence-electron chi connectivity index (χ0n) is 18.1. The molecule has 6 rings (SSSR count). The molecule has 1 aromatic rings. The molecule has 3 saturated carbocycles. The number of hydrogen-bond donors (Lipinski definition) is 3. The van der Waals surface area contributed by atoms with E-state index in [0.29, 0.717) is 34.5 Å². The monoisotopic (exact) mass is 431 g/mol. The highest BCUT2D eigenvalue weighted by atomic mass is 35.5. The molecule has 2 saturated heterocycles. The molecule has 2 heterocycles. The normalized spacial score (nSPS) is 33.5. The molecule has 6 heteroatoms. The van der Waals surface area contributed by atoms with Crippen molar-refractivity contribution in [2.45, 2.75) is 82.1 Å². The molecule has 2 aliphatic heterocycles. The first-order chi connectivity index (χ1) is 14.4. The molecule has 1 aromatic carbocycles. The number of nitrogens with one attached hydrogen (secondary N) is 2. The van der Waals surface area contributed by atoms with Crippen LogP contribution < -0.4 is 10.1 Å². The summed E-state index contributed by atoms with van der Waals surface area (Å²) in [7, 11) is 1.87. The lowest BCUT2D eigenvalue weighted by atomic mass is 9.61. The molecule has 5 fully saturated rings. The summed E-state index contributed by atoms with van der Waals surface area (Å²) >= 11 is 6.72. The third-order valence-corrected chi connectivity index (χ3v) is 8.20. The van der Waals surface area contributed by atoms with Gasteiger partial charge < -0.3 is 20.6 Å². The fraction of sp³-hybridized carbons (Fsp3) is 0.708. The lowest BCUT2D eigenvalue weighted by Gasteiger charge is -2.60. The van der Waals surface area contributed by atoms with Gasteiger partial charge in [-0.3, -0.25) is 4.90 Å². The minimum Gasteiger partial charge on any atom is -0.489 e. The van der Waals surface area contributed by atoms with Crippen molar-refractivity contribution >= 4 is 23.0 Å². The van der Waals surface area contributed by atoms with Gasteiger partial charge in [0.2, 0.25) is 0 Å². The smallest absolute Gasteiger partial charge is 0.139 e. The number of anilines is 1. The summed E-state index contributed by atoms with van der Waals surface area (Å²) in [5, 5.41) is 23.5. The largest absolute Gasteiger partial charge is 0.489 e. The van der Waals surface area contributed by atoms with Crippen LogP contribution in [0.3, 0.4) is 0 Å². The molecule has 0 radical (unpaired) electrons. The predicted molar refractivity (Wildman–Crippen MR) is 121 cm³/mol. The number of halogens is 1. The Morgan fingerprint density at radius 1 is 1.30 bits per heavy atom. The zero-order valence-corrected chi connectivity index (χ0v) is 18.8. The quantitative estimate of drug-likeness (QED) is 0.522. The van der Waals surface area contributed by atoms with E-state index in [4.69, 9.17) is 21.7 Å². The van der Waals surface area contributed by atoms with E-state index in [9.17, 15) is 5.11 Å². The van der Waals surface area contributed by atoms with Crippen molar-refractivity contribution in [3.05, 3.63) is 22.7 Å². The van der Waals surface area contributed by atoms with Gasteiger partial charge in [-0.25, -0.2) is 0 Å². The highest BCUT2D eigenvalue weighted by Gasteiger charge is 2.53. The third-order valence-electron chi connectivity index (χ3n) is 7.82. The molecule has 30 heavy (non-hydrogen) atoms. The summed E-state index contributed by atoms with van der Waals surface area (Å²) in [6.07, 6.45) is 8.73.